The van der Waals surface area contributed by atoms with Crippen LogP contribution in [-0.4, -0.2) is 497 Å². The van der Waals surface area contributed by atoms with E-state index < -0.39 is 370 Å². The fourth-order valence-corrected chi connectivity index (χ4v) is 19.3. The first-order valence-electron chi connectivity index (χ1n) is 45.7. The van der Waals surface area contributed by atoms with E-state index in [0.29, 0.717) is 12.8 Å². The first-order chi connectivity index (χ1) is 65.6. The van der Waals surface area contributed by atoms with Gasteiger partial charge in [-0.3, -0.25) is 18.6 Å². The zero-order chi connectivity index (χ0) is 103. The highest BCUT2D eigenvalue weighted by Gasteiger charge is 2.62. The second-order valence-corrected chi connectivity index (χ2v) is 39.1. The Morgan fingerprint density at radius 2 is 0.612 bits per heavy atom. The summed E-state index contributed by atoms with van der Waals surface area (Å²) >= 11 is 0. The Labute approximate surface area is 798 Å². The molecule has 0 aliphatic carbocycles. The molecule has 0 aromatic rings. The van der Waals surface area contributed by atoms with Gasteiger partial charge in [0.25, 0.3) is 0 Å². The number of ether oxygens (including phenoxy) is 17. The molecule has 139 heavy (non-hydrogen) atoms. The van der Waals surface area contributed by atoms with Gasteiger partial charge >= 0.3 is 15.6 Å². The molecule has 9 aliphatic heterocycles. The summed E-state index contributed by atoms with van der Waals surface area (Å²) in [4.78, 5) is 47.9. The maximum absolute atomic E-state index is 13.7. The van der Waals surface area contributed by atoms with E-state index in [-0.39, 0.29) is 12.3 Å². The largest absolute Gasteiger partial charge is 0.483 e. The van der Waals surface area contributed by atoms with E-state index in [1.54, 1.807) is 0 Å². The first kappa shape index (κ1) is 119. The minimum absolute atomic E-state index is 0.109. The average Bonchev–Trinajstić information content (AvgIpc) is 0.761. The summed E-state index contributed by atoms with van der Waals surface area (Å²) in [6, 6.07) is -4.21. The van der Waals surface area contributed by atoms with Crippen molar-refractivity contribution in [3.8, 4) is 0 Å². The van der Waals surface area contributed by atoms with Gasteiger partial charge < -0.3 is 234 Å². The molecule has 0 aromatic heterocycles. The monoisotopic (exact) mass is 2060 g/mol. The molecule has 0 spiro atoms. The molecule has 9 saturated heterocycles. The van der Waals surface area contributed by atoms with Crippen LogP contribution in [0.15, 0.2) is 46.6 Å². The number of aliphatic hydroxyl groups excluding tert-OH is 26. The Morgan fingerprint density at radius 1 is 0.309 bits per heavy atom. The quantitative estimate of drug-likeness (QED) is 0.0199. The first-order valence-corrected chi connectivity index (χ1v) is 48.7. The van der Waals surface area contributed by atoms with Gasteiger partial charge in [-0.25, -0.2) is 9.13 Å². The molecule has 9 rings (SSSR count). The molecule has 9 aliphatic rings. The molecule has 0 aromatic carbocycles. The minimum Gasteiger partial charge on any atom is -0.394 e. The molecule has 56 heteroatoms. The molecule has 48 atom stereocenters. The van der Waals surface area contributed by atoms with Crippen molar-refractivity contribution in [2.75, 3.05) is 66.1 Å². The molecule has 0 bridgehead atoms. The van der Waals surface area contributed by atoms with Gasteiger partial charge in [-0.2, -0.15) is 4.31 Å². The molecule has 30 N–H and O–H groups in total. The molecule has 9 heterocycles. The van der Waals surface area contributed by atoms with Crippen molar-refractivity contribution in [3.05, 3.63) is 46.6 Å². The summed E-state index contributed by atoms with van der Waals surface area (Å²) in [5, 5.41) is 295. The highest BCUT2D eigenvalue weighted by Crippen LogP contribution is 2.62. The van der Waals surface area contributed by atoms with Gasteiger partial charge in [-0.15, -0.1) is 0 Å². The third-order valence-corrected chi connectivity index (χ3v) is 27.8. The van der Waals surface area contributed by atoms with Crippen molar-refractivity contribution in [2.24, 2.45) is 5.92 Å². The standard InChI is InChI=1S/C83H142N2O52P2/c1-32(2)13-9-14-33(3)15-10-16-34(4)17-11-18-35(5)19-12-20-36(6)21-22-119-138(114,115)137-139(116,117)136-76-49(85-38(8)95)58(104)68(46(30-93)127-76)129-75-48(84-37(7)94)57(103)69(45(29-92)126-75)130-80-67(113)71(132-82-74(63(109)54(100)42(26-89)124-82)135-83-73(62(108)53(99)43(27-90)125-83)134-79-65(111)60(106)51(97)40(24-87)122-79)56(102)47(128-80)31-118-77-66(112)70(55(101)44(28-91)120-77)131-81-72(61(107)52(98)41(25-88)123-81)133-78-64(110)59(105)50(96)39(23-86)121-78/h13,15,17,19,36,39-83,86-93,96-113H,9-12,14,16,18,20-31H2,1-8H3,(H,84,94)(H,85,95)(H,114,115)(H,116,117). The third-order valence-electron chi connectivity index (χ3n) is 25.2. The molecule has 0 radical (unpaired) electrons. The summed E-state index contributed by atoms with van der Waals surface area (Å²) in [7, 11) is -11.5. The van der Waals surface area contributed by atoms with Crippen LogP contribution in [0.1, 0.15) is 113 Å². The number of carbonyl (C=O) groups is 2. The Bertz CT molecular complexity index is 3960. The molecule has 54 nitrogen and oxygen atoms in total. The van der Waals surface area contributed by atoms with E-state index in [1.807, 2.05) is 13.8 Å². The van der Waals surface area contributed by atoms with Crippen LogP contribution in [0.25, 0.3) is 0 Å². The fourth-order valence-electron chi connectivity index (χ4n) is 17.1. The predicted octanol–water partition coefficient (Wildman–Crippen LogP) is -11.1. The van der Waals surface area contributed by atoms with Crippen molar-refractivity contribution in [1.82, 2.24) is 10.6 Å². The maximum Gasteiger partial charge on any atom is 0.483 e. The Balaban J connectivity index is 0.952. The van der Waals surface area contributed by atoms with Crippen molar-refractivity contribution >= 4 is 27.5 Å². The van der Waals surface area contributed by atoms with Crippen LogP contribution >= 0.6 is 15.6 Å². The lowest BCUT2D eigenvalue weighted by atomic mass is 9.94. The van der Waals surface area contributed by atoms with Crippen LogP contribution in [0, 0.1) is 5.92 Å². The summed E-state index contributed by atoms with van der Waals surface area (Å²) in [6.45, 7) is 3.03. The average molecular weight is 2060 g/mol. The summed E-state index contributed by atoms with van der Waals surface area (Å²) < 4.78 is 142. The number of aliphatic hydroxyl groups is 26. The second kappa shape index (κ2) is 54.6. The van der Waals surface area contributed by atoms with Gasteiger partial charge in [-0.1, -0.05) is 53.5 Å². The SMILES string of the molecule is CC(=O)NC1C(OC2C(CO)OC(OP(=O)(O)OP(=O)(O)OCCC(C)CCC=C(C)CCC=C(C)CCC=C(C)CCC=C(C)C)C(NC(C)=O)C2O)OC(CO)C(OC2OC(COC3OC(CO)C(O)C(OC4OC(CO)C(O)C(O)C4OC4OC(CO)C(O)C(O)C4O)C3O)C(O)C(OC3OC(CO)C(O)C(O)C3OC3OC(CO)C(O)C(O)C3OC3OC(CO)C(O)C(O)C3O)C2O)C1O. The third kappa shape index (κ3) is 31.1. The predicted molar refractivity (Wildman–Crippen MR) is 457 cm³/mol. The normalized spacial score (nSPS) is 43.4. The lowest BCUT2D eigenvalue weighted by molar-refractivity contribution is -0.408. The van der Waals surface area contributed by atoms with E-state index in [2.05, 4.69) is 66.9 Å². The molecular weight excluding hydrogens is 1920 g/mol. The maximum atomic E-state index is 13.7. The molecule has 2 amide bonds. The van der Waals surface area contributed by atoms with Crippen LogP contribution < -0.4 is 10.6 Å². The van der Waals surface area contributed by atoms with Gasteiger partial charge in [0.1, 0.15) is 220 Å². The number of hydrogen-bond donors (Lipinski definition) is 30. The van der Waals surface area contributed by atoms with E-state index in [0.717, 1.165) is 57.9 Å². The highest BCUT2D eigenvalue weighted by atomic mass is 31.3. The fraction of sp³-hybridized carbons (Fsp3) is 0.880. The molecular formula is C83H142N2O52P2. The van der Waals surface area contributed by atoms with Crippen molar-refractivity contribution in [1.29, 1.82) is 0 Å². The van der Waals surface area contributed by atoms with Crippen molar-refractivity contribution < 1.29 is 255 Å². The van der Waals surface area contributed by atoms with E-state index >= 15 is 0 Å². The smallest absolute Gasteiger partial charge is 0.394 e. The van der Waals surface area contributed by atoms with Crippen LogP contribution in [0.4, 0.5) is 0 Å². The number of hydrogen-bond acceptors (Lipinski definition) is 50. The van der Waals surface area contributed by atoms with Crippen LogP contribution in [-0.2, 0) is 113 Å². The number of allylic oxidation sites excluding steroid dienone is 8. The summed E-state index contributed by atoms with van der Waals surface area (Å²) in [5.74, 6) is -2.17. The van der Waals surface area contributed by atoms with Crippen LogP contribution in [0.3, 0.4) is 0 Å². The molecule has 806 valence electrons. The van der Waals surface area contributed by atoms with Crippen LogP contribution in [0.5, 0.6) is 0 Å². The van der Waals surface area contributed by atoms with Gasteiger partial charge in [0, 0.05) is 13.8 Å². The Morgan fingerprint density at radius 3 is 1.01 bits per heavy atom. The summed E-state index contributed by atoms with van der Waals surface area (Å²) in [5.41, 5.74) is 5.11. The van der Waals surface area contributed by atoms with E-state index in [1.165, 1.54) is 16.7 Å². The van der Waals surface area contributed by atoms with Gasteiger partial charge in [0.05, 0.1) is 66.1 Å². The van der Waals surface area contributed by atoms with Gasteiger partial charge in [0.2, 0.25) is 11.8 Å². The molecule has 9 fully saturated rings. The zero-order valence-corrected chi connectivity index (χ0v) is 79.3. The van der Waals surface area contributed by atoms with Gasteiger partial charge in [0.15, 0.2) is 56.6 Å². The zero-order valence-electron chi connectivity index (χ0n) is 77.5. The number of carbonyl (C=O) groups excluding carboxylic acids is 2. The van der Waals surface area contributed by atoms with Crippen molar-refractivity contribution in [3.63, 3.8) is 0 Å². The number of nitrogens with one attached hydrogen (secondary N) is 2. The number of rotatable bonds is 47. The summed E-state index contributed by atoms with van der Waals surface area (Å²) in [6.07, 6.45) is -79.1. The Hall–Kier alpha value is -3.56. The second-order valence-electron chi connectivity index (χ2n) is 36.1. The minimum atomic E-state index is -5.94. The number of phosphoric ester groups is 2. The molecule has 0 saturated carbocycles. The molecule has 48 unspecified atom stereocenters. The lowest BCUT2D eigenvalue weighted by Crippen LogP contribution is -2.70. The lowest BCUT2D eigenvalue weighted by Gasteiger charge is -2.51. The highest BCUT2D eigenvalue weighted by molar-refractivity contribution is 7.61. The van der Waals surface area contributed by atoms with Crippen LogP contribution in [0.2, 0.25) is 0 Å². The van der Waals surface area contributed by atoms with E-state index in [9.17, 15) is 161 Å². The van der Waals surface area contributed by atoms with Gasteiger partial charge in [-0.05, 0) is 98.3 Å². The topological polar surface area (TPSA) is 843 Å². The van der Waals surface area contributed by atoms with E-state index in [4.69, 9.17) is 89.6 Å². The Kier molecular flexibility index (Phi) is 46.7. The van der Waals surface area contributed by atoms with Crippen molar-refractivity contribution in [2.45, 2.75) is 389 Å². The number of amides is 2. The number of phosphoric acid groups is 2.